The Morgan fingerprint density at radius 2 is 2.00 bits per heavy atom. The van der Waals surface area contributed by atoms with Crippen LogP contribution in [0.3, 0.4) is 0 Å². The van der Waals surface area contributed by atoms with Gasteiger partial charge in [0.2, 0.25) is 0 Å². The lowest BCUT2D eigenvalue weighted by atomic mass is 10.4. The molecule has 0 rings (SSSR count). The van der Waals surface area contributed by atoms with Gasteiger partial charge < -0.3 is 14.3 Å². The van der Waals surface area contributed by atoms with Crippen LogP contribution in [0.15, 0.2) is 0 Å². The quantitative estimate of drug-likeness (QED) is 0.392. The Hall–Kier alpha value is 0.314. The molecule has 0 heterocycles. The maximum Gasteiger partial charge on any atom is 0.145 e. The normalized spacial score (nSPS) is 12.2. The minimum Gasteiger partial charge on any atom is -0.468 e. The summed E-state index contributed by atoms with van der Waals surface area (Å²) in [5.41, 5.74) is 0. The average Bonchev–Trinajstić information content (AvgIpc) is 2.22. The summed E-state index contributed by atoms with van der Waals surface area (Å²) in [6.07, 6.45) is 1.30. The molecule has 0 radical (unpaired) electrons. The van der Waals surface area contributed by atoms with Crippen molar-refractivity contribution in [2.45, 2.75) is 26.3 Å². The first kappa shape index (κ1) is 14.3. The smallest absolute Gasteiger partial charge is 0.145 e. The van der Waals surface area contributed by atoms with E-state index in [2.05, 4.69) is 24.1 Å². The van der Waals surface area contributed by atoms with Crippen LogP contribution >= 0.6 is 0 Å². The zero-order valence-corrected chi connectivity index (χ0v) is 13.4. The molecule has 86 valence electrons. The van der Waals surface area contributed by atoms with Crippen LogP contribution in [0.4, 0.5) is 0 Å². The second kappa shape index (κ2) is 11.4. The topological polar surface area (TPSA) is 24.5 Å². The summed E-state index contributed by atoms with van der Waals surface area (Å²) in [4.78, 5) is 2.45. The number of hydrogen-bond acceptors (Lipinski definition) is 3. The van der Waals surface area contributed by atoms with E-state index in [1.807, 2.05) is 0 Å². The molecule has 0 unspecified atom stereocenters. The molecule has 5 heteroatoms. The van der Waals surface area contributed by atoms with Crippen LogP contribution < -0.4 is 5.32 Å². The number of rotatable bonds is 10. The lowest BCUT2D eigenvalue weighted by Gasteiger charge is -2.17. The molecule has 3 nitrogen and oxygen atoms in total. The van der Waals surface area contributed by atoms with Gasteiger partial charge in [0.05, 0.1) is 0 Å². The molecule has 0 bridgehead atoms. The van der Waals surface area contributed by atoms with Gasteiger partial charge in [0.1, 0.15) is 20.2 Å². The predicted octanol–water partition coefficient (Wildman–Crippen LogP) is -0.893. The maximum absolute atomic E-state index is 5.26. The highest BCUT2D eigenvalue weighted by atomic mass is 28.3. The highest BCUT2D eigenvalue weighted by Crippen LogP contribution is 1.87. The van der Waals surface area contributed by atoms with Crippen LogP contribution in [0.25, 0.3) is 0 Å². The molecule has 0 aliphatic carbocycles. The van der Waals surface area contributed by atoms with Gasteiger partial charge in [-0.2, -0.15) is 0 Å². The van der Waals surface area contributed by atoms with E-state index in [9.17, 15) is 0 Å². The van der Waals surface area contributed by atoms with E-state index in [0.29, 0.717) is 0 Å². The Kier molecular flexibility index (Phi) is 11.6. The van der Waals surface area contributed by atoms with Crippen molar-refractivity contribution in [3.05, 3.63) is 0 Å². The molecule has 0 aliphatic heterocycles. The molecule has 0 aromatic rings. The van der Waals surface area contributed by atoms with Crippen molar-refractivity contribution in [2.75, 3.05) is 32.7 Å². The molecule has 0 saturated heterocycles. The lowest BCUT2D eigenvalue weighted by Crippen LogP contribution is -2.32. The first-order valence-corrected chi connectivity index (χ1v) is 8.16. The van der Waals surface area contributed by atoms with Gasteiger partial charge in [-0.25, -0.2) is 0 Å². The SMILES string of the molecule is CCN(CC)CCNCCC[SiH2]O[SiH3]. The minimum absolute atomic E-state index is 0.126. The molecule has 0 aromatic heterocycles. The van der Waals surface area contributed by atoms with Crippen LogP contribution in [-0.2, 0) is 4.12 Å². The number of likely N-dealkylation sites (N-methyl/N-ethyl adjacent to an activating group) is 1. The molecular formula is C9H26N2OSi2. The van der Waals surface area contributed by atoms with E-state index >= 15 is 0 Å². The second-order valence-electron chi connectivity index (χ2n) is 3.48. The summed E-state index contributed by atoms with van der Waals surface area (Å²) in [5, 5.41) is 3.48. The van der Waals surface area contributed by atoms with Crippen LogP contribution in [0, 0.1) is 0 Å². The van der Waals surface area contributed by atoms with Crippen molar-refractivity contribution in [2.24, 2.45) is 0 Å². The first-order chi connectivity index (χ1) is 6.85. The van der Waals surface area contributed by atoms with Gasteiger partial charge in [-0.3, -0.25) is 0 Å². The summed E-state index contributed by atoms with van der Waals surface area (Å²) in [6.45, 7) is 10.2. The first-order valence-electron chi connectivity index (χ1n) is 5.77. The highest BCUT2D eigenvalue weighted by Gasteiger charge is 1.96. The molecule has 0 saturated carbocycles. The van der Waals surface area contributed by atoms with E-state index in [0.717, 1.165) is 17.0 Å². The minimum atomic E-state index is -0.126. The Bertz CT molecular complexity index is 113. The summed E-state index contributed by atoms with van der Waals surface area (Å²) >= 11 is 0. The second-order valence-corrected chi connectivity index (χ2v) is 6.90. The van der Waals surface area contributed by atoms with E-state index in [4.69, 9.17) is 4.12 Å². The van der Waals surface area contributed by atoms with Gasteiger partial charge in [0, 0.05) is 13.1 Å². The Morgan fingerprint density at radius 1 is 1.29 bits per heavy atom. The van der Waals surface area contributed by atoms with Crippen molar-refractivity contribution in [1.82, 2.24) is 10.2 Å². The molecule has 0 fully saturated rings. The number of nitrogens with zero attached hydrogens (tertiary/aromatic N) is 1. The lowest BCUT2D eigenvalue weighted by molar-refractivity contribution is 0.302. The maximum atomic E-state index is 5.26. The number of nitrogens with one attached hydrogen (secondary N) is 1. The predicted molar refractivity (Wildman–Crippen MR) is 69.6 cm³/mol. The monoisotopic (exact) mass is 234 g/mol. The molecule has 1 N–H and O–H groups in total. The third-order valence-electron chi connectivity index (χ3n) is 2.45. The number of hydrogen-bond donors (Lipinski definition) is 1. The van der Waals surface area contributed by atoms with Crippen molar-refractivity contribution in [3.8, 4) is 0 Å². The highest BCUT2D eigenvalue weighted by molar-refractivity contribution is 6.34. The average molecular weight is 234 g/mol. The van der Waals surface area contributed by atoms with Gasteiger partial charge in [-0.15, -0.1) is 0 Å². The van der Waals surface area contributed by atoms with Crippen molar-refractivity contribution in [3.63, 3.8) is 0 Å². The Labute approximate surface area is 94.1 Å². The van der Waals surface area contributed by atoms with Gasteiger partial charge in [0.15, 0.2) is 0 Å². The van der Waals surface area contributed by atoms with Gasteiger partial charge in [0.25, 0.3) is 0 Å². The summed E-state index contributed by atoms with van der Waals surface area (Å²) in [7, 11) is 0.816. The van der Waals surface area contributed by atoms with Crippen LogP contribution in [0.1, 0.15) is 20.3 Å². The summed E-state index contributed by atoms with van der Waals surface area (Å²) in [5.74, 6) is 0. The van der Waals surface area contributed by atoms with E-state index < -0.39 is 0 Å². The molecule has 0 aliphatic rings. The third-order valence-corrected chi connectivity index (χ3v) is 4.87. The van der Waals surface area contributed by atoms with Gasteiger partial charge >= 0.3 is 0 Å². The molecule has 0 atom stereocenters. The fraction of sp³-hybridized carbons (Fsp3) is 1.00. The molecule has 14 heavy (non-hydrogen) atoms. The van der Waals surface area contributed by atoms with Crippen LogP contribution in [0.2, 0.25) is 6.04 Å². The third kappa shape index (κ3) is 8.89. The van der Waals surface area contributed by atoms with Gasteiger partial charge in [-0.05, 0) is 32.1 Å². The molecular weight excluding hydrogens is 208 g/mol. The molecule has 0 spiro atoms. The van der Waals surface area contributed by atoms with E-state index in [1.165, 1.54) is 38.6 Å². The fourth-order valence-electron chi connectivity index (χ4n) is 1.40. The summed E-state index contributed by atoms with van der Waals surface area (Å²) < 4.78 is 5.26. The van der Waals surface area contributed by atoms with E-state index in [1.54, 1.807) is 0 Å². The standard InChI is InChI=1S/C9H26N2OSi2/c1-3-11(4-2)8-7-10-6-5-9-14-12-13/h10H,3-9,14H2,1-2,13H3. The zero-order chi connectivity index (χ0) is 10.6. The Balaban J connectivity index is 3.04. The van der Waals surface area contributed by atoms with Crippen molar-refractivity contribution >= 4 is 20.2 Å². The summed E-state index contributed by atoms with van der Waals surface area (Å²) in [6, 6.07) is 1.34. The van der Waals surface area contributed by atoms with Crippen molar-refractivity contribution in [1.29, 1.82) is 0 Å². The largest absolute Gasteiger partial charge is 0.468 e. The van der Waals surface area contributed by atoms with Crippen LogP contribution in [0.5, 0.6) is 0 Å². The Morgan fingerprint density at radius 3 is 2.57 bits per heavy atom. The van der Waals surface area contributed by atoms with E-state index in [-0.39, 0.29) is 9.76 Å². The van der Waals surface area contributed by atoms with Crippen LogP contribution in [-0.4, -0.2) is 57.9 Å². The fourth-order valence-corrected chi connectivity index (χ4v) is 3.01. The molecule has 0 amide bonds. The molecule has 0 aromatic carbocycles. The zero-order valence-electron chi connectivity index (χ0n) is 10.0. The van der Waals surface area contributed by atoms with Gasteiger partial charge in [-0.1, -0.05) is 13.8 Å². The van der Waals surface area contributed by atoms with Crippen molar-refractivity contribution < 1.29 is 4.12 Å².